The Morgan fingerprint density at radius 2 is 2.17 bits per heavy atom. The molecule has 104 valence electrons. The molecule has 5 heteroatoms. The Labute approximate surface area is 110 Å². The summed E-state index contributed by atoms with van der Waals surface area (Å²) in [6, 6.07) is 0.0617. The largest absolute Gasteiger partial charge is 0.389 e. The van der Waals surface area contributed by atoms with E-state index in [2.05, 4.69) is 16.9 Å². The smallest absolute Gasteiger partial charge is 0.0718 e. The van der Waals surface area contributed by atoms with E-state index in [9.17, 15) is 5.11 Å². The van der Waals surface area contributed by atoms with Crippen molar-refractivity contribution in [1.29, 1.82) is 0 Å². The molecule has 0 spiro atoms. The highest BCUT2D eigenvalue weighted by molar-refractivity contribution is 5.13. The van der Waals surface area contributed by atoms with Crippen molar-refractivity contribution in [2.45, 2.75) is 45.4 Å². The van der Waals surface area contributed by atoms with Crippen LogP contribution in [-0.4, -0.2) is 44.5 Å². The van der Waals surface area contributed by atoms with Crippen molar-refractivity contribution in [3.63, 3.8) is 0 Å². The van der Waals surface area contributed by atoms with E-state index in [0.29, 0.717) is 6.54 Å². The Hall–Kier alpha value is -0.910. The molecule has 1 heterocycles. The second-order valence-corrected chi connectivity index (χ2v) is 5.63. The fraction of sp³-hybridized carbons (Fsp3) is 0.769. The van der Waals surface area contributed by atoms with E-state index in [4.69, 9.17) is 5.73 Å². The van der Waals surface area contributed by atoms with Gasteiger partial charge < -0.3 is 10.8 Å². The van der Waals surface area contributed by atoms with E-state index < -0.39 is 5.60 Å². The van der Waals surface area contributed by atoms with Crippen LogP contribution in [0.5, 0.6) is 0 Å². The number of aromatic nitrogens is 2. The molecule has 3 N–H and O–H groups in total. The SMILES string of the molecule is CCN(CC(C)(C)O)C(c1cnn(C)c1)C(C)N. The lowest BCUT2D eigenvalue weighted by molar-refractivity contribution is 0.0187. The molecule has 2 atom stereocenters. The highest BCUT2D eigenvalue weighted by Crippen LogP contribution is 2.24. The predicted molar refractivity (Wildman–Crippen MR) is 73.1 cm³/mol. The normalized spacial score (nSPS) is 16.0. The summed E-state index contributed by atoms with van der Waals surface area (Å²) in [6.45, 7) is 9.13. The molecule has 0 saturated heterocycles. The molecule has 0 aliphatic heterocycles. The van der Waals surface area contributed by atoms with E-state index in [0.717, 1.165) is 12.1 Å². The molecule has 0 saturated carbocycles. The highest BCUT2D eigenvalue weighted by atomic mass is 16.3. The van der Waals surface area contributed by atoms with Crippen molar-refractivity contribution in [1.82, 2.24) is 14.7 Å². The van der Waals surface area contributed by atoms with Crippen molar-refractivity contribution in [3.05, 3.63) is 18.0 Å². The van der Waals surface area contributed by atoms with Crippen molar-refractivity contribution in [2.24, 2.45) is 12.8 Å². The average Bonchev–Trinajstić information content (AvgIpc) is 2.61. The molecule has 0 fully saturated rings. The van der Waals surface area contributed by atoms with Gasteiger partial charge in [-0.05, 0) is 27.3 Å². The van der Waals surface area contributed by atoms with Crippen molar-refractivity contribution in [3.8, 4) is 0 Å². The third-order valence-electron chi connectivity index (χ3n) is 2.95. The topological polar surface area (TPSA) is 67.3 Å². The molecule has 0 bridgehead atoms. The average molecular weight is 254 g/mol. The van der Waals surface area contributed by atoms with E-state index in [1.54, 1.807) is 4.68 Å². The first-order valence-electron chi connectivity index (χ1n) is 6.45. The van der Waals surface area contributed by atoms with Crippen LogP contribution >= 0.6 is 0 Å². The van der Waals surface area contributed by atoms with Gasteiger partial charge in [0.05, 0.1) is 17.8 Å². The summed E-state index contributed by atoms with van der Waals surface area (Å²) >= 11 is 0. The Bertz CT molecular complexity index is 367. The minimum absolute atomic E-state index is 0.0171. The third-order valence-corrected chi connectivity index (χ3v) is 2.95. The first-order chi connectivity index (χ1) is 8.24. The second kappa shape index (κ2) is 5.82. The monoisotopic (exact) mass is 254 g/mol. The van der Waals surface area contributed by atoms with E-state index in [-0.39, 0.29) is 12.1 Å². The fourth-order valence-electron chi connectivity index (χ4n) is 2.34. The lowest BCUT2D eigenvalue weighted by Crippen LogP contribution is -2.45. The summed E-state index contributed by atoms with van der Waals surface area (Å²) in [4.78, 5) is 2.20. The minimum Gasteiger partial charge on any atom is -0.389 e. The summed E-state index contributed by atoms with van der Waals surface area (Å²) in [6.07, 6.45) is 3.84. The van der Waals surface area contributed by atoms with Crippen LogP contribution in [0.3, 0.4) is 0 Å². The molecule has 5 nitrogen and oxygen atoms in total. The summed E-state index contributed by atoms with van der Waals surface area (Å²) in [5.74, 6) is 0. The first-order valence-corrected chi connectivity index (χ1v) is 6.45. The van der Waals surface area contributed by atoms with Crippen molar-refractivity contribution < 1.29 is 5.11 Å². The van der Waals surface area contributed by atoms with Crippen LogP contribution in [0.1, 0.15) is 39.3 Å². The lowest BCUT2D eigenvalue weighted by atomic mass is 10.00. The summed E-state index contributed by atoms with van der Waals surface area (Å²) < 4.78 is 1.78. The molecule has 0 aromatic carbocycles. The number of likely N-dealkylation sites (N-methyl/N-ethyl adjacent to an activating group) is 1. The maximum Gasteiger partial charge on any atom is 0.0718 e. The van der Waals surface area contributed by atoms with Crippen LogP contribution in [0, 0.1) is 0 Å². The quantitative estimate of drug-likeness (QED) is 0.791. The van der Waals surface area contributed by atoms with Crippen LogP contribution < -0.4 is 5.73 Å². The molecule has 0 radical (unpaired) electrons. The van der Waals surface area contributed by atoms with Gasteiger partial charge in [-0.1, -0.05) is 6.92 Å². The molecular weight excluding hydrogens is 228 g/mol. The van der Waals surface area contributed by atoms with Crippen LogP contribution in [0.15, 0.2) is 12.4 Å². The van der Waals surface area contributed by atoms with Gasteiger partial charge in [0.2, 0.25) is 0 Å². The lowest BCUT2D eigenvalue weighted by Gasteiger charge is -2.36. The Kier molecular flexibility index (Phi) is 4.90. The number of aryl methyl sites for hydroxylation is 1. The molecule has 18 heavy (non-hydrogen) atoms. The number of nitrogens with zero attached hydrogens (tertiary/aromatic N) is 3. The number of hydrogen-bond acceptors (Lipinski definition) is 4. The molecule has 1 rings (SSSR count). The molecular formula is C13H26N4O. The maximum absolute atomic E-state index is 10.00. The highest BCUT2D eigenvalue weighted by Gasteiger charge is 2.28. The van der Waals surface area contributed by atoms with Crippen LogP contribution in [0.2, 0.25) is 0 Å². The van der Waals surface area contributed by atoms with Gasteiger partial charge in [0.25, 0.3) is 0 Å². The van der Waals surface area contributed by atoms with Gasteiger partial charge in [-0.25, -0.2) is 0 Å². The fourth-order valence-corrected chi connectivity index (χ4v) is 2.34. The predicted octanol–water partition coefficient (Wildman–Crippen LogP) is 0.901. The van der Waals surface area contributed by atoms with Gasteiger partial charge in [-0.2, -0.15) is 5.10 Å². The van der Waals surface area contributed by atoms with Gasteiger partial charge in [0.15, 0.2) is 0 Å². The van der Waals surface area contributed by atoms with Gasteiger partial charge in [-0.3, -0.25) is 9.58 Å². The first kappa shape index (κ1) is 15.1. The van der Waals surface area contributed by atoms with Crippen molar-refractivity contribution >= 4 is 0 Å². The minimum atomic E-state index is -0.731. The maximum atomic E-state index is 10.00. The van der Waals surface area contributed by atoms with Gasteiger partial charge in [0, 0.05) is 31.4 Å². The number of nitrogens with two attached hydrogens (primary N) is 1. The van der Waals surface area contributed by atoms with Gasteiger partial charge in [-0.15, -0.1) is 0 Å². The molecule has 0 amide bonds. The molecule has 1 aromatic heterocycles. The van der Waals surface area contributed by atoms with Crippen LogP contribution in [-0.2, 0) is 7.05 Å². The Morgan fingerprint density at radius 3 is 2.50 bits per heavy atom. The zero-order valence-electron chi connectivity index (χ0n) is 12.1. The number of aliphatic hydroxyl groups is 1. The molecule has 0 aliphatic rings. The summed E-state index contributed by atoms with van der Waals surface area (Å²) in [5, 5.41) is 14.2. The molecule has 2 unspecified atom stereocenters. The third kappa shape index (κ3) is 4.08. The number of rotatable bonds is 6. The van der Waals surface area contributed by atoms with E-state index in [1.807, 2.05) is 40.2 Å². The Balaban J connectivity index is 2.96. The molecule has 0 aliphatic carbocycles. The van der Waals surface area contributed by atoms with E-state index >= 15 is 0 Å². The Morgan fingerprint density at radius 1 is 1.56 bits per heavy atom. The van der Waals surface area contributed by atoms with Gasteiger partial charge in [0.1, 0.15) is 0 Å². The zero-order valence-corrected chi connectivity index (χ0v) is 12.1. The summed E-state index contributed by atoms with van der Waals surface area (Å²) in [7, 11) is 1.90. The number of hydrogen-bond donors (Lipinski definition) is 2. The van der Waals surface area contributed by atoms with Gasteiger partial charge >= 0.3 is 0 Å². The second-order valence-electron chi connectivity index (χ2n) is 5.63. The van der Waals surface area contributed by atoms with E-state index in [1.165, 1.54) is 0 Å². The molecule has 1 aromatic rings. The van der Waals surface area contributed by atoms with Crippen molar-refractivity contribution in [2.75, 3.05) is 13.1 Å². The van der Waals surface area contributed by atoms with Crippen LogP contribution in [0.4, 0.5) is 0 Å². The zero-order chi connectivity index (χ0) is 13.9. The summed E-state index contributed by atoms with van der Waals surface area (Å²) in [5.41, 5.74) is 6.48. The van der Waals surface area contributed by atoms with Crippen LogP contribution in [0.25, 0.3) is 0 Å². The standard InChI is InChI=1S/C13H26N4O/c1-6-17(9-13(3,4)18)12(10(2)14)11-7-15-16(5)8-11/h7-8,10,12,18H,6,9,14H2,1-5H3.